The Morgan fingerprint density at radius 1 is 0.742 bits per heavy atom. The Kier molecular flexibility index (Phi) is 9.01. The van der Waals surface area contributed by atoms with Crippen molar-refractivity contribution in [2.45, 2.75) is 65.2 Å². The molecule has 0 saturated heterocycles. The Hall–Kier alpha value is -2.75. The van der Waals surface area contributed by atoms with Gasteiger partial charge in [-0.15, -0.1) is 0 Å². The number of rotatable bonds is 12. The fraction of sp³-hybridized carbons (Fsp3) is 0.407. The highest BCUT2D eigenvalue weighted by Crippen LogP contribution is 2.26. The summed E-state index contributed by atoms with van der Waals surface area (Å²) in [4.78, 5) is 9.05. The number of ether oxygens (including phenoxy) is 1. The molecule has 1 aromatic heterocycles. The largest absolute Gasteiger partial charge is 0.491 e. The normalized spacial score (nSPS) is 10.9. The highest BCUT2D eigenvalue weighted by atomic mass is 19.1. The zero-order chi connectivity index (χ0) is 21.9. The van der Waals surface area contributed by atoms with E-state index in [4.69, 9.17) is 4.74 Å². The average molecular weight is 421 g/mol. The number of hydrogen-bond donors (Lipinski definition) is 0. The van der Waals surface area contributed by atoms with E-state index >= 15 is 0 Å². The summed E-state index contributed by atoms with van der Waals surface area (Å²) < 4.78 is 19.9. The Morgan fingerprint density at radius 3 is 2.03 bits per heavy atom. The van der Waals surface area contributed by atoms with Gasteiger partial charge >= 0.3 is 0 Å². The van der Waals surface area contributed by atoms with Gasteiger partial charge in [0.2, 0.25) is 0 Å². The molecule has 0 radical (unpaired) electrons. The zero-order valence-corrected chi connectivity index (χ0v) is 18.7. The third-order valence-corrected chi connectivity index (χ3v) is 5.45. The van der Waals surface area contributed by atoms with E-state index in [2.05, 4.69) is 48.1 Å². The van der Waals surface area contributed by atoms with Gasteiger partial charge in [-0.1, -0.05) is 70.2 Å². The van der Waals surface area contributed by atoms with Crippen molar-refractivity contribution in [2.75, 3.05) is 6.61 Å². The smallest absolute Gasteiger partial charge is 0.165 e. The topological polar surface area (TPSA) is 35.0 Å². The Labute approximate surface area is 185 Å². The van der Waals surface area contributed by atoms with Gasteiger partial charge in [0.05, 0.1) is 30.4 Å². The number of unbranched alkanes of at least 4 members (excludes halogenated alkanes) is 5. The van der Waals surface area contributed by atoms with Gasteiger partial charge in [0.15, 0.2) is 11.6 Å². The van der Waals surface area contributed by atoms with Crippen LogP contribution in [0.3, 0.4) is 0 Å². The molecule has 3 aromatic rings. The Bertz CT molecular complexity index is 923. The van der Waals surface area contributed by atoms with Gasteiger partial charge in [-0.3, -0.25) is 9.97 Å². The van der Waals surface area contributed by atoms with Crippen molar-refractivity contribution in [1.82, 2.24) is 9.97 Å². The molecule has 4 heteroatoms. The summed E-state index contributed by atoms with van der Waals surface area (Å²) in [5.41, 5.74) is 4.56. The fourth-order valence-electron chi connectivity index (χ4n) is 3.54. The number of aromatic nitrogens is 2. The van der Waals surface area contributed by atoms with E-state index in [9.17, 15) is 4.39 Å². The average Bonchev–Trinajstić information content (AvgIpc) is 2.81. The first-order chi connectivity index (χ1) is 15.2. The summed E-state index contributed by atoms with van der Waals surface area (Å²) >= 11 is 0. The first kappa shape index (κ1) is 22.9. The first-order valence-corrected chi connectivity index (χ1v) is 11.5. The van der Waals surface area contributed by atoms with Crippen molar-refractivity contribution in [1.29, 1.82) is 0 Å². The molecule has 0 N–H and O–H groups in total. The van der Waals surface area contributed by atoms with E-state index in [0.29, 0.717) is 23.6 Å². The van der Waals surface area contributed by atoms with Crippen LogP contribution in [0.15, 0.2) is 54.9 Å². The molecule has 3 rings (SSSR count). The molecule has 0 unspecified atom stereocenters. The molecule has 0 aliphatic heterocycles. The summed E-state index contributed by atoms with van der Waals surface area (Å²) in [5, 5.41) is 0. The molecule has 0 aliphatic carbocycles. The van der Waals surface area contributed by atoms with E-state index in [-0.39, 0.29) is 5.82 Å². The lowest BCUT2D eigenvalue weighted by Crippen LogP contribution is -1.99. The highest BCUT2D eigenvalue weighted by Gasteiger charge is 2.09. The molecule has 0 bridgehead atoms. The Balaban J connectivity index is 1.61. The number of benzene rings is 2. The summed E-state index contributed by atoms with van der Waals surface area (Å²) in [6.07, 6.45) is 12.8. The number of nitrogens with zero attached hydrogens (tertiary/aromatic N) is 2. The molecule has 0 fully saturated rings. The van der Waals surface area contributed by atoms with Gasteiger partial charge in [0.1, 0.15) is 0 Å². The number of aryl methyl sites for hydroxylation is 1. The second-order valence-electron chi connectivity index (χ2n) is 8.00. The van der Waals surface area contributed by atoms with E-state index in [1.54, 1.807) is 18.5 Å². The van der Waals surface area contributed by atoms with Crippen LogP contribution < -0.4 is 4.74 Å². The highest BCUT2D eigenvalue weighted by molar-refractivity contribution is 5.63. The molecular weight excluding hydrogens is 387 g/mol. The van der Waals surface area contributed by atoms with Crippen LogP contribution in [0.2, 0.25) is 0 Å². The predicted octanol–water partition coefficient (Wildman–Crippen LogP) is 7.64. The van der Waals surface area contributed by atoms with Crippen molar-refractivity contribution in [3.05, 3.63) is 66.2 Å². The second kappa shape index (κ2) is 12.2. The molecule has 0 spiro atoms. The third kappa shape index (κ3) is 6.88. The zero-order valence-electron chi connectivity index (χ0n) is 18.7. The molecule has 3 nitrogen and oxygen atoms in total. The second-order valence-corrected chi connectivity index (χ2v) is 8.00. The lowest BCUT2D eigenvalue weighted by Gasteiger charge is -2.09. The standard InChI is InChI=1S/C27H33FN2O/c1-3-5-7-8-10-21-11-13-22(14-12-21)25-19-30-26(20-29-25)23-15-16-27(24(28)18-23)31-17-9-6-4-2/h11-16,18-20H,3-10,17H2,1-2H3. The van der Waals surface area contributed by atoms with Gasteiger partial charge in [-0.05, 0) is 43.0 Å². The first-order valence-electron chi connectivity index (χ1n) is 11.5. The molecule has 2 aromatic carbocycles. The minimum Gasteiger partial charge on any atom is -0.491 e. The van der Waals surface area contributed by atoms with Gasteiger partial charge in [0, 0.05) is 11.1 Å². The SMILES string of the molecule is CCCCCCc1ccc(-c2cnc(-c3ccc(OCCCCC)c(F)c3)cn2)cc1. The van der Waals surface area contributed by atoms with Crippen molar-refractivity contribution in [2.24, 2.45) is 0 Å². The molecular formula is C27H33FN2O. The predicted molar refractivity (Wildman–Crippen MR) is 126 cm³/mol. The van der Waals surface area contributed by atoms with Gasteiger partial charge < -0.3 is 4.74 Å². The number of halogens is 1. The molecule has 0 atom stereocenters. The van der Waals surface area contributed by atoms with Crippen molar-refractivity contribution < 1.29 is 9.13 Å². The molecule has 1 heterocycles. The van der Waals surface area contributed by atoms with Crippen LogP contribution >= 0.6 is 0 Å². The minimum absolute atomic E-state index is 0.291. The summed E-state index contributed by atoms with van der Waals surface area (Å²) in [6, 6.07) is 13.5. The molecule has 31 heavy (non-hydrogen) atoms. The monoisotopic (exact) mass is 420 g/mol. The molecule has 164 valence electrons. The lowest BCUT2D eigenvalue weighted by atomic mass is 10.0. The van der Waals surface area contributed by atoms with Gasteiger partial charge in [0.25, 0.3) is 0 Å². The molecule has 0 aliphatic rings. The third-order valence-electron chi connectivity index (χ3n) is 5.45. The van der Waals surface area contributed by atoms with Gasteiger partial charge in [-0.2, -0.15) is 0 Å². The Morgan fingerprint density at radius 2 is 1.39 bits per heavy atom. The van der Waals surface area contributed by atoms with Crippen LogP contribution in [-0.2, 0) is 6.42 Å². The molecule has 0 amide bonds. The van der Waals surface area contributed by atoms with Crippen LogP contribution in [-0.4, -0.2) is 16.6 Å². The minimum atomic E-state index is -0.366. The van der Waals surface area contributed by atoms with Crippen molar-refractivity contribution in [3.8, 4) is 28.3 Å². The lowest BCUT2D eigenvalue weighted by molar-refractivity contribution is 0.291. The van der Waals surface area contributed by atoms with E-state index in [1.165, 1.54) is 37.3 Å². The molecule has 0 saturated carbocycles. The summed E-state index contributed by atoms with van der Waals surface area (Å²) in [6.45, 7) is 4.90. The quantitative estimate of drug-likeness (QED) is 0.282. The van der Waals surface area contributed by atoms with Crippen molar-refractivity contribution >= 4 is 0 Å². The number of hydrogen-bond acceptors (Lipinski definition) is 3. The maximum Gasteiger partial charge on any atom is 0.165 e. The summed E-state index contributed by atoms with van der Waals surface area (Å²) in [7, 11) is 0. The van der Waals surface area contributed by atoms with Gasteiger partial charge in [-0.25, -0.2) is 4.39 Å². The van der Waals surface area contributed by atoms with E-state index in [1.807, 2.05) is 6.07 Å². The van der Waals surface area contributed by atoms with Crippen LogP contribution in [0.4, 0.5) is 4.39 Å². The van der Waals surface area contributed by atoms with Crippen LogP contribution in [0.1, 0.15) is 64.4 Å². The van der Waals surface area contributed by atoms with E-state index < -0.39 is 0 Å². The summed E-state index contributed by atoms with van der Waals surface area (Å²) in [5.74, 6) is -0.0754. The van der Waals surface area contributed by atoms with E-state index in [0.717, 1.165) is 36.9 Å². The van der Waals surface area contributed by atoms with Crippen LogP contribution in [0.5, 0.6) is 5.75 Å². The maximum absolute atomic E-state index is 14.4. The van der Waals surface area contributed by atoms with Crippen molar-refractivity contribution in [3.63, 3.8) is 0 Å². The maximum atomic E-state index is 14.4. The van der Waals surface area contributed by atoms with Crippen LogP contribution in [0, 0.1) is 5.82 Å². The van der Waals surface area contributed by atoms with Crippen LogP contribution in [0.25, 0.3) is 22.5 Å². The fourth-order valence-corrected chi connectivity index (χ4v) is 3.54.